The molecule has 2 N–H and O–H groups in total. The van der Waals surface area contributed by atoms with Gasteiger partial charge in [0.15, 0.2) is 5.92 Å². The van der Waals surface area contributed by atoms with Crippen molar-refractivity contribution < 1.29 is 29.3 Å². The molecule has 18 heavy (non-hydrogen) atoms. The van der Waals surface area contributed by atoms with E-state index in [2.05, 4.69) is 0 Å². The Hall–Kier alpha value is -1.59. The molecule has 0 spiro atoms. The summed E-state index contributed by atoms with van der Waals surface area (Å²) in [6.45, 7) is 5.42. The molecule has 0 rings (SSSR count). The summed E-state index contributed by atoms with van der Waals surface area (Å²) in [5.74, 6) is -4.54. The van der Waals surface area contributed by atoms with Gasteiger partial charge in [-0.3, -0.25) is 14.4 Å². The summed E-state index contributed by atoms with van der Waals surface area (Å²) in [5, 5.41) is 17.3. The number of rotatable bonds is 8. The molecule has 6 heteroatoms. The van der Waals surface area contributed by atoms with Gasteiger partial charge >= 0.3 is 17.9 Å². The number of carboxylic acids is 2. The number of ether oxygens (including phenoxy) is 1. The SMILES string of the molecule is CCC(C)(C)C(=O)OCCCC(C(=O)O)C(=O)O. The van der Waals surface area contributed by atoms with Gasteiger partial charge in [-0.15, -0.1) is 0 Å². The van der Waals surface area contributed by atoms with E-state index < -0.39 is 23.3 Å². The van der Waals surface area contributed by atoms with Gasteiger partial charge < -0.3 is 14.9 Å². The minimum Gasteiger partial charge on any atom is -0.481 e. The van der Waals surface area contributed by atoms with Crippen LogP contribution in [0, 0.1) is 11.3 Å². The summed E-state index contributed by atoms with van der Waals surface area (Å²) in [6, 6.07) is 0. The van der Waals surface area contributed by atoms with Crippen LogP contribution in [0.2, 0.25) is 0 Å². The third-order valence-electron chi connectivity index (χ3n) is 2.90. The lowest BCUT2D eigenvalue weighted by molar-refractivity contribution is -0.155. The Labute approximate surface area is 106 Å². The van der Waals surface area contributed by atoms with Crippen LogP contribution in [0.15, 0.2) is 0 Å². The Morgan fingerprint density at radius 3 is 2.06 bits per heavy atom. The molecule has 0 aliphatic rings. The van der Waals surface area contributed by atoms with Crippen LogP contribution in [0.4, 0.5) is 0 Å². The van der Waals surface area contributed by atoms with E-state index in [-0.39, 0.29) is 25.4 Å². The first-order valence-electron chi connectivity index (χ1n) is 5.85. The van der Waals surface area contributed by atoms with E-state index in [4.69, 9.17) is 14.9 Å². The maximum atomic E-state index is 11.6. The quantitative estimate of drug-likeness (QED) is 0.390. The second-order valence-electron chi connectivity index (χ2n) is 4.74. The molecule has 6 nitrogen and oxygen atoms in total. The zero-order valence-corrected chi connectivity index (χ0v) is 10.9. The lowest BCUT2D eigenvalue weighted by atomic mass is 9.91. The average Bonchev–Trinajstić information content (AvgIpc) is 2.27. The fourth-order valence-corrected chi connectivity index (χ4v) is 1.14. The van der Waals surface area contributed by atoms with Crippen molar-refractivity contribution in [1.29, 1.82) is 0 Å². The normalized spacial score (nSPS) is 11.3. The molecule has 0 aromatic rings. The fraction of sp³-hybridized carbons (Fsp3) is 0.750. The smallest absolute Gasteiger partial charge is 0.317 e. The Balaban J connectivity index is 4.03. The highest BCUT2D eigenvalue weighted by molar-refractivity contribution is 5.92. The van der Waals surface area contributed by atoms with E-state index in [0.29, 0.717) is 6.42 Å². The van der Waals surface area contributed by atoms with E-state index in [9.17, 15) is 14.4 Å². The van der Waals surface area contributed by atoms with Crippen LogP contribution in [0.1, 0.15) is 40.0 Å². The summed E-state index contributed by atoms with van der Waals surface area (Å²) in [4.78, 5) is 32.7. The summed E-state index contributed by atoms with van der Waals surface area (Å²) in [7, 11) is 0. The van der Waals surface area contributed by atoms with Gasteiger partial charge in [0.25, 0.3) is 0 Å². The highest BCUT2D eigenvalue weighted by Crippen LogP contribution is 2.21. The minimum atomic E-state index is -1.44. The lowest BCUT2D eigenvalue weighted by Gasteiger charge is -2.20. The first-order chi connectivity index (χ1) is 8.22. The molecule has 0 heterocycles. The molecular formula is C12H20O6. The van der Waals surface area contributed by atoms with Crippen LogP contribution < -0.4 is 0 Å². The van der Waals surface area contributed by atoms with Gasteiger partial charge in [0.05, 0.1) is 12.0 Å². The first kappa shape index (κ1) is 16.4. The summed E-state index contributed by atoms with van der Waals surface area (Å²) in [6.07, 6.45) is 0.804. The molecule has 0 saturated carbocycles. The summed E-state index contributed by atoms with van der Waals surface area (Å²) >= 11 is 0. The lowest BCUT2D eigenvalue weighted by Crippen LogP contribution is -2.27. The molecule has 0 aliphatic carbocycles. The van der Waals surface area contributed by atoms with Crippen LogP contribution in [0.3, 0.4) is 0 Å². The number of hydrogen-bond acceptors (Lipinski definition) is 4. The van der Waals surface area contributed by atoms with Gasteiger partial charge in [-0.2, -0.15) is 0 Å². The van der Waals surface area contributed by atoms with E-state index in [1.165, 1.54) is 0 Å². The average molecular weight is 260 g/mol. The van der Waals surface area contributed by atoms with E-state index in [1.807, 2.05) is 6.92 Å². The van der Waals surface area contributed by atoms with Gasteiger partial charge in [-0.25, -0.2) is 0 Å². The van der Waals surface area contributed by atoms with Crippen molar-refractivity contribution in [2.45, 2.75) is 40.0 Å². The van der Waals surface area contributed by atoms with Crippen molar-refractivity contribution in [2.24, 2.45) is 11.3 Å². The molecule has 0 aromatic carbocycles. The number of carbonyl (C=O) groups is 3. The van der Waals surface area contributed by atoms with Crippen LogP contribution in [-0.2, 0) is 19.1 Å². The van der Waals surface area contributed by atoms with Crippen molar-refractivity contribution in [3.63, 3.8) is 0 Å². The van der Waals surface area contributed by atoms with Crippen LogP contribution in [-0.4, -0.2) is 34.7 Å². The molecular weight excluding hydrogens is 240 g/mol. The van der Waals surface area contributed by atoms with E-state index >= 15 is 0 Å². The fourth-order valence-electron chi connectivity index (χ4n) is 1.14. The van der Waals surface area contributed by atoms with Gasteiger partial charge in [0, 0.05) is 0 Å². The third kappa shape index (κ3) is 5.16. The van der Waals surface area contributed by atoms with Crippen LogP contribution >= 0.6 is 0 Å². The Morgan fingerprint density at radius 2 is 1.67 bits per heavy atom. The largest absolute Gasteiger partial charge is 0.481 e. The molecule has 0 unspecified atom stereocenters. The molecule has 0 radical (unpaired) electrons. The number of carbonyl (C=O) groups excluding carboxylic acids is 1. The van der Waals surface area contributed by atoms with Crippen molar-refractivity contribution in [2.75, 3.05) is 6.61 Å². The predicted octanol–water partition coefficient (Wildman–Crippen LogP) is 1.53. The highest BCUT2D eigenvalue weighted by atomic mass is 16.5. The van der Waals surface area contributed by atoms with Crippen LogP contribution in [0.25, 0.3) is 0 Å². The standard InChI is InChI=1S/C12H20O6/c1-4-12(2,3)11(17)18-7-5-6-8(9(13)14)10(15)16/h8H,4-7H2,1-3H3,(H,13,14)(H,15,16). The second-order valence-corrected chi connectivity index (χ2v) is 4.74. The Kier molecular flexibility index (Phi) is 6.36. The maximum Gasteiger partial charge on any atom is 0.317 e. The van der Waals surface area contributed by atoms with Gasteiger partial charge in [0.2, 0.25) is 0 Å². The summed E-state index contributed by atoms with van der Waals surface area (Å²) < 4.78 is 4.98. The van der Waals surface area contributed by atoms with Crippen molar-refractivity contribution in [1.82, 2.24) is 0 Å². The highest BCUT2D eigenvalue weighted by Gasteiger charge is 2.28. The molecule has 0 bridgehead atoms. The molecule has 0 aliphatic heterocycles. The Bertz CT molecular complexity index is 307. The zero-order valence-electron chi connectivity index (χ0n) is 10.9. The Morgan fingerprint density at radius 1 is 1.17 bits per heavy atom. The van der Waals surface area contributed by atoms with Gasteiger partial charge in [-0.1, -0.05) is 6.92 Å². The van der Waals surface area contributed by atoms with Crippen molar-refractivity contribution in [3.8, 4) is 0 Å². The number of hydrogen-bond donors (Lipinski definition) is 2. The second kappa shape index (κ2) is 6.98. The van der Waals surface area contributed by atoms with Gasteiger partial charge in [-0.05, 0) is 33.1 Å². The molecule has 104 valence electrons. The molecule has 0 atom stereocenters. The number of carboxylic acid groups (broad SMARTS) is 2. The first-order valence-corrected chi connectivity index (χ1v) is 5.85. The van der Waals surface area contributed by atoms with Crippen molar-refractivity contribution in [3.05, 3.63) is 0 Å². The van der Waals surface area contributed by atoms with E-state index in [1.54, 1.807) is 13.8 Å². The monoisotopic (exact) mass is 260 g/mol. The van der Waals surface area contributed by atoms with Crippen LogP contribution in [0.5, 0.6) is 0 Å². The number of esters is 1. The molecule has 0 fully saturated rings. The summed E-state index contributed by atoms with van der Waals surface area (Å²) in [5.41, 5.74) is -0.570. The third-order valence-corrected chi connectivity index (χ3v) is 2.90. The number of aliphatic carboxylic acids is 2. The molecule has 0 saturated heterocycles. The van der Waals surface area contributed by atoms with E-state index in [0.717, 1.165) is 0 Å². The van der Waals surface area contributed by atoms with Crippen molar-refractivity contribution >= 4 is 17.9 Å². The maximum absolute atomic E-state index is 11.6. The topological polar surface area (TPSA) is 101 Å². The zero-order chi connectivity index (χ0) is 14.3. The minimum absolute atomic E-state index is 0.0410. The molecule has 0 aromatic heterocycles. The van der Waals surface area contributed by atoms with Gasteiger partial charge in [0.1, 0.15) is 0 Å². The predicted molar refractivity (Wildman–Crippen MR) is 63.0 cm³/mol. The molecule has 0 amide bonds.